The van der Waals surface area contributed by atoms with E-state index in [2.05, 4.69) is 6.08 Å². The monoisotopic (exact) mass is 268 g/mol. The Morgan fingerprint density at radius 1 is 1.42 bits per heavy atom. The molecule has 0 aromatic rings. The summed E-state index contributed by atoms with van der Waals surface area (Å²) in [5.41, 5.74) is 1.09. The van der Waals surface area contributed by atoms with Crippen molar-refractivity contribution in [1.82, 2.24) is 9.80 Å². The summed E-state index contributed by atoms with van der Waals surface area (Å²) in [7, 11) is 1.80. The van der Waals surface area contributed by atoms with E-state index in [0.717, 1.165) is 25.0 Å². The Bertz CT molecular complexity index is 364. The molecule has 108 valence electrons. The van der Waals surface area contributed by atoms with Crippen LogP contribution in [0.15, 0.2) is 11.8 Å². The van der Waals surface area contributed by atoms with E-state index in [0.29, 0.717) is 6.54 Å². The van der Waals surface area contributed by atoms with Crippen LogP contribution < -0.4 is 0 Å². The third-order valence-corrected chi connectivity index (χ3v) is 3.50. The maximum atomic E-state index is 12.2. The molecule has 1 aliphatic carbocycles. The number of carboxylic acids is 1. The molecule has 0 aromatic heterocycles. The Labute approximate surface area is 114 Å². The Morgan fingerprint density at radius 2 is 2.11 bits per heavy atom. The first-order valence-electron chi connectivity index (χ1n) is 6.83. The van der Waals surface area contributed by atoms with Gasteiger partial charge in [0.1, 0.15) is 0 Å². The van der Waals surface area contributed by atoms with E-state index in [1.807, 2.05) is 18.7 Å². The largest absolute Gasteiger partial charge is 0.481 e. The topological polar surface area (TPSA) is 60.9 Å². The number of nitrogens with zero attached hydrogens (tertiary/aromatic N) is 2. The smallest absolute Gasteiger partial charge is 0.304 e. The molecule has 0 saturated carbocycles. The molecule has 1 amide bonds. The molecular formula is C14H24N2O3. The highest BCUT2D eigenvalue weighted by Crippen LogP contribution is 2.20. The molecule has 1 rings (SSSR count). The number of hydrogen-bond donors (Lipinski definition) is 1. The number of carbonyl (C=O) groups is 2. The molecule has 0 bridgehead atoms. The molecule has 1 aliphatic rings. The maximum Gasteiger partial charge on any atom is 0.304 e. The number of amides is 1. The Hall–Kier alpha value is -1.36. The van der Waals surface area contributed by atoms with Crippen LogP contribution in [0, 0.1) is 0 Å². The summed E-state index contributed by atoms with van der Waals surface area (Å²) in [5.74, 6) is -0.794. The lowest BCUT2D eigenvalue weighted by Crippen LogP contribution is -2.42. The third kappa shape index (κ3) is 5.03. The lowest BCUT2D eigenvalue weighted by Gasteiger charge is -2.28. The highest BCUT2D eigenvalue weighted by molar-refractivity contribution is 5.80. The number of hydrogen-bond acceptors (Lipinski definition) is 3. The van der Waals surface area contributed by atoms with E-state index in [1.54, 1.807) is 11.9 Å². The number of aliphatic carboxylic acids is 1. The lowest BCUT2D eigenvalue weighted by molar-refractivity contribution is -0.138. The van der Waals surface area contributed by atoms with E-state index in [9.17, 15) is 9.59 Å². The summed E-state index contributed by atoms with van der Waals surface area (Å²) < 4.78 is 0. The third-order valence-electron chi connectivity index (χ3n) is 3.50. The van der Waals surface area contributed by atoms with Gasteiger partial charge >= 0.3 is 5.97 Å². The molecule has 0 aromatic carbocycles. The van der Waals surface area contributed by atoms with Crippen LogP contribution in [-0.4, -0.2) is 53.0 Å². The molecule has 0 spiro atoms. The van der Waals surface area contributed by atoms with Crippen molar-refractivity contribution in [3.8, 4) is 0 Å². The van der Waals surface area contributed by atoms with Crippen LogP contribution in [-0.2, 0) is 9.59 Å². The second kappa shape index (κ2) is 7.28. The molecule has 0 saturated heterocycles. The van der Waals surface area contributed by atoms with E-state index in [1.165, 1.54) is 0 Å². The predicted octanol–water partition coefficient (Wildman–Crippen LogP) is 1.70. The number of carbonyl (C=O) groups excluding carboxylic acids is 1. The van der Waals surface area contributed by atoms with Crippen molar-refractivity contribution in [2.45, 2.75) is 45.6 Å². The molecule has 0 fully saturated rings. The van der Waals surface area contributed by atoms with Gasteiger partial charge in [-0.05, 0) is 33.1 Å². The van der Waals surface area contributed by atoms with Crippen LogP contribution >= 0.6 is 0 Å². The summed E-state index contributed by atoms with van der Waals surface area (Å²) in [6.07, 6.45) is 5.28. The van der Waals surface area contributed by atoms with Gasteiger partial charge in [-0.2, -0.15) is 0 Å². The van der Waals surface area contributed by atoms with E-state index in [-0.39, 0.29) is 24.9 Å². The van der Waals surface area contributed by atoms with Crippen molar-refractivity contribution in [1.29, 1.82) is 0 Å². The highest BCUT2D eigenvalue weighted by Gasteiger charge is 2.20. The van der Waals surface area contributed by atoms with Crippen LogP contribution in [0.2, 0.25) is 0 Å². The fourth-order valence-electron chi connectivity index (χ4n) is 2.16. The van der Waals surface area contributed by atoms with Crippen LogP contribution in [0.3, 0.4) is 0 Å². The number of likely N-dealkylation sites (N-methyl/N-ethyl adjacent to an activating group) is 1. The van der Waals surface area contributed by atoms with Crippen LogP contribution in [0.5, 0.6) is 0 Å². The Morgan fingerprint density at radius 3 is 2.58 bits per heavy atom. The van der Waals surface area contributed by atoms with Gasteiger partial charge in [0.25, 0.3) is 0 Å². The van der Waals surface area contributed by atoms with E-state index in [4.69, 9.17) is 5.11 Å². The number of allylic oxidation sites excluding steroid dienone is 2. The molecule has 0 aliphatic heterocycles. The zero-order valence-electron chi connectivity index (χ0n) is 12.1. The molecule has 5 nitrogen and oxygen atoms in total. The molecule has 5 heteroatoms. The van der Waals surface area contributed by atoms with Gasteiger partial charge in [-0.3, -0.25) is 14.5 Å². The molecule has 19 heavy (non-hydrogen) atoms. The number of carboxylic acid groups (broad SMARTS) is 1. The fourth-order valence-corrected chi connectivity index (χ4v) is 2.16. The van der Waals surface area contributed by atoms with Gasteiger partial charge < -0.3 is 10.0 Å². The summed E-state index contributed by atoms with van der Waals surface area (Å²) in [5, 5.41) is 8.73. The van der Waals surface area contributed by atoms with Crippen molar-refractivity contribution in [2.24, 2.45) is 0 Å². The molecule has 0 heterocycles. The Kier molecular flexibility index (Phi) is 6.02. The minimum Gasteiger partial charge on any atom is -0.481 e. The van der Waals surface area contributed by atoms with Crippen molar-refractivity contribution in [2.75, 3.05) is 20.1 Å². The molecule has 1 N–H and O–H groups in total. The van der Waals surface area contributed by atoms with Crippen molar-refractivity contribution in [3.63, 3.8) is 0 Å². The second-order valence-corrected chi connectivity index (χ2v) is 5.25. The summed E-state index contributed by atoms with van der Waals surface area (Å²) in [6, 6.07) is 0.161. The average Bonchev–Trinajstić information content (AvgIpc) is 2.86. The SMILES string of the molecule is CC(C)N(CCC(=O)O)CC(=O)N(C)C1=CCCC1. The van der Waals surface area contributed by atoms with Gasteiger partial charge in [-0.25, -0.2) is 0 Å². The van der Waals surface area contributed by atoms with Gasteiger partial charge in [0.2, 0.25) is 5.91 Å². The van der Waals surface area contributed by atoms with Crippen LogP contribution in [0.25, 0.3) is 0 Å². The lowest BCUT2D eigenvalue weighted by atomic mass is 10.2. The molecule has 0 unspecified atom stereocenters. The zero-order chi connectivity index (χ0) is 14.4. The zero-order valence-corrected chi connectivity index (χ0v) is 12.1. The second-order valence-electron chi connectivity index (χ2n) is 5.25. The minimum absolute atomic E-state index is 0.0345. The van der Waals surface area contributed by atoms with E-state index < -0.39 is 5.97 Å². The highest BCUT2D eigenvalue weighted by atomic mass is 16.4. The minimum atomic E-state index is -0.829. The molecular weight excluding hydrogens is 244 g/mol. The molecule has 0 radical (unpaired) electrons. The van der Waals surface area contributed by atoms with Crippen LogP contribution in [0.4, 0.5) is 0 Å². The predicted molar refractivity (Wildman–Crippen MR) is 73.7 cm³/mol. The molecule has 0 atom stereocenters. The first-order valence-corrected chi connectivity index (χ1v) is 6.83. The summed E-state index contributed by atoms with van der Waals surface area (Å²) >= 11 is 0. The van der Waals surface area contributed by atoms with Crippen molar-refractivity contribution in [3.05, 3.63) is 11.8 Å². The Balaban J connectivity index is 2.52. The maximum absolute atomic E-state index is 12.2. The summed E-state index contributed by atoms with van der Waals surface area (Å²) in [4.78, 5) is 26.4. The summed E-state index contributed by atoms with van der Waals surface area (Å²) in [6.45, 7) is 4.64. The van der Waals surface area contributed by atoms with Gasteiger partial charge in [-0.15, -0.1) is 0 Å². The fraction of sp³-hybridized carbons (Fsp3) is 0.714. The van der Waals surface area contributed by atoms with Crippen molar-refractivity contribution >= 4 is 11.9 Å². The van der Waals surface area contributed by atoms with E-state index >= 15 is 0 Å². The number of rotatable bonds is 7. The van der Waals surface area contributed by atoms with Crippen LogP contribution in [0.1, 0.15) is 39.5 Å². The average molecular weight is 268 g/mol. The van der Waals surface area contributed by atoms with Gasteiger partial charge in [-0.1, -0.05) is 6.08 Å². The van der Waals surface area contributed by atoms with Gasteiger partial charge in [0.05, 0.1) is 13.0 Å². The first-order chi connectivity index (χ1) is 8.91. The quantitative estimate of drug-likeness (QED) is 0.763. The first kappa shape index (κ1) is 15.7. The van der Waals surface area contributed by atoms with Crippen molar-refractivity contribution < 1.29 is 14.7 Å². The van der Waals surface area contributed by atoms with Gasteiger partial charge in [0, 0.05) is 25.3 Å². The standard InChI is InChI=1S/C14H24N2O3/c1-11(2)16(9-8-14(18)19)10-13(17)15(3)12-6-4-5-7-12/h6,11H,4-5,7-10H2,1-3H3,(H,18,19). The van der Waals surface area contributed by atoms with Gasteiger partial charge in [0.15, 0.2) is 0 Å². The normalized spacial score (nSPS) is 14.9.